The highest BCUT2D eigenvalue weighted by molar-refractivity contribution is 9.10. The van der Waals surface area contributed by atoms with Gasteiger partial charge in [-0.3, -0.25) is 0 Å². The zero-order valence-electron chi connectivity index (χ0n) is 8.16. The zero-order valence-corrected chi connectivity index (χ0v) is 9.74. The van der Waals surface area contributed by atoms with Crippen molar-refractivity contribution in [2.45, 2.75) is 13.5 Å². The smallest absolute Gasteiger partial charge is 0.252 e. The maximum absolute atomic E-state index is 5.44. The molecule has 0 aliphatic rings. The van der Waals surface area contributed by atoms with E-state index in [0.29, 0.717) is 23.0 Å². The maximum atomic E-state index is 5.44. The first kappa shape index (κ1) is 10.4. The molecule has 1 N–H and O–H groups in total. The topological polar surface area (TPSA) is 64.1 Å². The Balaban J connectivity index is 2.17. The normalized spacial score (nSPS) is 10.8. The molecule has 0 aliphatic carbocycles. The molecule has 0 amide bonds. The van der Waals surface area contributed by atoms with Gasteiger partial charge in [-0.25, -0.2) is 0 Å². The van der Waals surface area contributed by atoms with Crippen LogP contribution in [0.4, 0.5) is 0 Å². The van der Waals surface area contributed by atoms with Crippen LogP contribution in [-0.4, -0.2) is 16.7 Å². The van der Waals surface area contributed by atoms with Crippen molar-refractivity contribution in [3.8, 4) is 11.5 Å². The van der Waals surface area contributed by atoms with E-state index in [0.717, 1.165) is 12.1 Å². The lowest BCUT2D eigenvalue weighted by atomic mass is 10.3. The van der Waals surface area contributed by atoms with Crippen molar-refractivity contribution in [3.63, 3.8) is 0 Å². The number of furan rings is 1. The van der Waals surface area contributed by atoms with Gasteiger partial charge in [0, 0.05) is 0 Å². The summed E-state index contributed by atoms with van der Waals surface area (Å²) in [6.45, 7) is 3.47. The largest absolute Gasteiger partial charge is 0.457 e. The Kier molecular flexibility index (Phi) is 3.17. The average Bonchev–Trinajstić information content (AvgIpc) is 2.83. The summed E-state index contributed by atoms with van der Waals surface area (Å²) >= 11 is 3.25. The van der Waals surface area contributed by atoms with Crippen LogP contribution < -0.4 is 5.32 Å². The molecule has 0 unspecified atom stereocenters. The van der Waals surface area contributed by atoms with E-state index in [1.165, 1.54) is 0 Å². The minimum absolute atomic E-state index is 0.462. The lowest BCUT2D eigenvalue weighted by Crippen LogP contribution is -2.11. The Bertz CT molecular complexity index is 438. The summed E-state index contributed by atoms with van der Waals surface area (Å²) in [6, 6.07) is 1.77. The van der Waals surface area contributed by atoms with Crippen LogP contribution in [0, 0.1) is 0 Å². The standard InChI is InChI=1S/C9H10BrN3O2/c1-2-11-5-7-12-13-9(15-7)6-3-4-14-8(6)10/h3-4,11H,2,5H2,1H3. The highest BCUT2D eigenvalue weighted by Gasteiger charge is 2.13. The third kappa shape index (κ3) is 2.27. The third-order valence-corrected chi connectivity index (χ3v) is 2.46. The molecule has 2 rings (SSSR count). The highest BCUT2D eigenvalue weighted by atomic mass is 79.9. The molecule has 0 aromatic carbocycles. The molecular formula is C9H10BrN3O2. The van der Waals surface area contributed by atoms with Crippen LogP contribution in [0.25, 0.3) is 11.5 Å². The Morgan fingerprint density at radius 1 is 1.47 bits per heavy atom. The highest BCUT2D eigenvalue weighted by Crippen LogP contribution is 2.27. The fraction of sp³-hybridized carbons (Fsp3) is 0.333. The Morgan fingerprint density at radius 3 is 3.00 bits per heavy atom. The van der Waals surface area contributed by atoms with E-state index in [1.807, 2.05) is 6.92 Å². The average molecular weight is 272 g/mol. The third-order valence-electron chi connectivity index (χ3n) is 1.84. The monoisotopic (exact) mass is 271 g/mol. The Hall–Kier alpha value is -1.14. The van der Waals surface area contributed by atoms with Crippen molar-refractivity contribution in [2.75, 3.05) is 6.54 Å². The second kappa shape index (κ2) is 4.59. The van der Waals surface area contributed by atoms with E-state index >= 15 is 0 Å². The van der Waals surface area contributed by atoms with Crippen LogP contribution in [0.1, 0.15) is 12.8 Å². The first-order chi connectivity index (χ1) is 7.31. The van der Waals surface area contributed by atoms with Gasteiger partial charge in [-0.05, 0) is 28.5 Å². The van der Waals surface area contributed by atoms with E-state index in [4.69, 9.17) is 8.83 Å². The van der Waals surface area contributed by atoms with Gasteiger partial charge in [0.2, 0.25) is 5.89 Å². The number of nitrogens with zero attached hydrogens (tertiary/aromatic N) is 2. The van der Waals surface area contributed by atoms with Crippen LogP contribution in [0.3, 0.4) is 0 Å². The molecule has 0 radical (unpaired) electrons. The summed E-state index contributed by atoms with van der Waals surface area (Å²) in [4.78, 5) is 0. The fourth-order valence-electron chi connectivity index (χ4n) is 1.11. The fourth-order valence-corrected chi connectivity index (χ4v) is 1.52. The number of aromatic nitrogens is 2. The van der Waals surface area contributed by atoms with E-state index in [2.05, 4.69) is 31.4 Å². The summed E-state index contributed by atoms with van der Waals surface area (Å²) < 4.78 is 11.1. The van der Waals surface area contributed by atoms with Crippen LogP contribution in [0.5, 0.6) is 0 Å². The van der Waals surface area contributed by atoms with Crippen molar-refractivity contribution in [2.24, 2.45) is 0 Å². The van der Waals surface area contributed by atoms with Gasteiger partial charge in [-0.1, -0.05) is 6.92 Å². The molecule has 6 heteroatoms. The predicted molar refractivity (Wildman–Crippen MR) is 57.1 cm³/mol. The quantitative estimate of drug-likeness (QED) is 0.924. The molecule has 80 valence electrons. The van der Waals surface area contributed by atoms with Crippen LogP contribution >= 0.6 is 15.9 Å². The summed E-state index contributed by atoms with van der Waals surface area (Å²) in [5.41, 5.74) is 0.769. The lowest BCUT2D eigenvalue weighted by molar-refractivity contribution is 0.480. The molecule has 15 heavy (non-hydrogen) atoms. The zero-order chi connectivity index (χ0) is 10.7. The van der Waals surface area contributed by atoms with Crippen molar-refractivity contribution >= 4 is 15.9 Å². The SMILES string of the molecule is CCNCc1nnc(-c2ccoc2Br)o1. The summed E-state index contributed by atoms with van der Waals surface area (Å²) in [5, 5.41) is 10.9. The number of hydrogen-bond donors (Lipinski definition) is 1. The summed E-state index contributed by atoms with van der Waals surface area (Å²) in [6.07, 6.45) is 1.56. The predicted octanol–water partition coefficient (Wildman–Crippen LogP) is 2.20. The van der Waals surface area contributed by atoms with Gasteiger partial charge >= 0.3 is 0 Å². The molecule has 0 saturated heterocycles. The number of hydrogen-bond acceptors (Lipinski definition) is 5. The van der Waals surface area contributed by atoms with Crippen molar-refractivity contribution in [1.29, 1.82) is 0 Å². The second-order valence-electron chi connectivity index (χ2n) is 2.89. The molecule has 5 nitrogen and oxygen atoms in total. The molecule has 2 heterocycles. The van der Waals surface area contributed by atoms with Crippen LogP contribution in [0.15, 0.2) is 25.8 Å². The van der Waals surface area contributed by atoms with Crippen LogP contribution in [0.2, 0.25) is 0 Å². The first-order valence-electron chi connectivity index (χ1n) is 4.57. The minimum atomic E-state index is 0.462. The van der Waals surface area contributed by atoms with Crippen molar-refractivity contribution in [1.82, 2.24) is 15.5 Å². The molecule has 2 aromatic rings. The van der Waals surface area contributed by atoms with Gasteiger partial charge in [-0.2, -0.15) is 0 Å². The molecule has 0 fully saturated rings. The first-order valence-corrected chi connectivity index (χ1v) is 5.37. The Morgan fingerprint density at radius 2 is 2.33 bits per heavy atom. The number of nitrogens with one attached hydrogen (secondary N) is 1. The van der Waals surface area contributed by atoms with E-state index in [1.54, 1.807) is 12.3 Å². The summed E-state index contributed by atoms with van der Waals surface area (Å²) in [7, 11) is 0. The molecule has 0 spiro atoms. The van der Waals surface area contributed by atoms with Gasteiger partial charge in [0.15, 0.2) is 4.67 Å². The molecule has 0 bridgehead atoms. The van der Waals surface area contributed by atoms with Crippen LogP contribution in [-0.2, 0) is 6.54 Å². The van der Waals surface area contributed by atoms with Gasteiger partial charge < -0.3 is 14.2 Å². The molecule has 0 atom stereocenters. The number of halogens is 1. The molecule has 0 aliphatic heterocycles. The lowest BCUT2D eigenvalue weighted by Gasteiger charge is -1.93. The van der Waals surface area contributed by atoms with Gasteiger partial charge in [0.05, 0.1) is 18.4 Å². The van der Waals surface area contributed by atoms with E-state index < -0.39 is 0 Å². The van der Waals surface area contributed by atoms with Gasteiger partial charge in [0.1, 0.15) is 0 Å². The number of rotatable bonds is 4. The maximum Gasteiger partial charge on any atom is 0.252 e. The second-order valence-corrected chi connectivity index (χ2v) is 3.61. The van der Waals surface area contributed by atoms with E-state index in [-0.39, 0.29) is 0 Å². The molecular weight excluding hydrogens is 262 g/mol. The minimum Gasteiger partial charge on any atom is -0.457 e. The van der Waals surface area contributed by atoms with Gasteiger partial charge in [0.25, 0.3) is 5.89 Å². The Labute approximate surface area is 95.0 Å². The molecule has 2 aromatic heterocycles. The van der Waals surface area contributed by atoms with E-state index in [9.17, 15) is 0 Å². The van der Waals surface area contributed by atoms with Gasteiger partial charge in [-0.15, -0.1) is 10.2 Å². The van der Waals surface area contributed by atoms with Crippen molar-refractivity contribution < 1.29 is 8.83 Å². The van der Waals surface area contributed by atoms with Crippen molar-refractivity contribution in [3.05, 3.63) is 22.9 Å². The summed E-state index contributed by atoms with van der Waals surface area (Å²) in [5.74, 6) is 1.03. The molecule has 0 saturated carbocycles.